The number of aryl methyl sites for hydroxylation is 1. The Hall–Kier alpha value is -0.830. The first-order valence-corrected chi connectivity index (χ1v) is 7.49. The van der Waals surface area contributed by atoms with Crippen LogP contribution in [0.1, 0.15) is 57.7 Å². The number of imidazole rings is 1. The van der Waals surface area contributed by atoms with Gasteiger partial charge in [0.25, 0.3) is 0 Å². The van der Waals surface area contributed by atoms with Gasteiger partial charge in [-0.15, -0.1) is 0 Å². The van der Waals surface area contributed by atoms with E-state index in [-0.39, 0.29) is 6.10 Å². The monoisotopic (exact) mass is 250 g/mol. The van der Waals surface area contributed by atoms with E-state index in [1.54, 1.807) is 0 Å². The topological polar surface area (TPSA) is 38.0 Å². The Bertz CT molecular complexity index is 340. The Kier molecular flexibility index (Phi) is 5.24. The molecule has 18 heavy (non-hydrogen) atoms. The minimum Gasteiger partial charge on any atom is -0.392 e. The summed E-state index contributed by atoms with van der Waals surface area (Å²) in [5.41, 5.74) is 0. The summed E-state index contributed by atoms with van der Waals surface area (Å²) in [4.78, 5) is 4.40. The number of hydrogen-bond donors (Lipinski definition) is 1. The van der Waals surface area contributed by atoms with Gasteiger partial charge < -0.3 is 9.67 Å². The lowest BCUT2D eigenvalue weighted by atomic mass is 9.92. The molecular formula is C15H26N2O. The van der Waals surface area contributed by atoms with E-state index in [2.05, 4.69) is 16.5 Å². The molecule has 1 fully saturated rings. The second kappa shape index (κ2) is 6.93. The van der Waals surface area contributed by atoms with Gasteiger partial charge in [0, 0.05) is 25.4 Å². The van der Waals surface area contributed by atoms with Gasteiger partial charge in [0.05, 0.1) is 6.10 Å². The molecule has 1 heterocycles. The maximum absolute atomic E-state index is 10.4. The molecule has 1 aromatic rings. The van der Waals surface area contributed by atoms with Gasteiger partial charge in [0.1, 0.15) is 5.82 Å². The summed E-state index contributed by atoms with van der Waals surface area (Å²) in [5, 5.41) is 10.4. The summed E-state index contributed by atoms with van der Waals surface area (Å²) < 4.78 is 2.18. The zero-order chi connectivity index (χ0) is 12.8. The lowest BCUT2D eigenvalue weighted by molar-refractivity contribution is 0.0958. The highest BCUT2D eigenvalue weighted by Gasteiger charge is 2.22. The van der Waals surface area contributed by atoms with Crippen molar-refractivity contribution in [3.63, 3.8) is 0 Å². The van der Waals surface area contributed by atoms with E-state index in [1.807, 2.05) is 12.4 Å². The molecule has 0 spiro atoms. The van der Waals surface area contributed by atoms with Crippen molar-refractivity contribution < 1.29 is 5.11 Å². The third kappa shape index (κ3) is 3.58. The van der Waals surface area contributed by atoms with Crippen LogP contribution >= 0.6 is 0 Å². The minimum absolute atomic E-state index is 0.207. The van der Waals surface area contributed by atoms with Gasteiger partial charge in [-0.05, 0) is 25.2 Å². The van der Waals surface area contributed by atoms with Gasteiger partial charge in [0.2, 0.25) is 0 Å². The van der Waals surface area contributed by atoms with Crippen LogP contribution in [-0.4, -0.2) is 20.8 Å². The van der Waals surface area contributed by atoms with E-state index >= 15 is 0 Å². The molecule has 0 aromatic carbocycles. The third-order valence-corrected chi connectivity index (χ3v) is 4.10. The SMILES string of the molecule is CCCn1ccnc1CC(O)C1CCCCCC1. The molecule has 0 saturated heterocycles. The zero-order valence-electron chi connectivity index (χ0n) is 11.5. The summed E-state index contributed by atoms with van der Waals surface area (Å²) in [6, 6.07) is 0. The van der Waals surface area contributed by atoms with Crippen molar-refractivity contribution in [1.82, 2.24) is 9.55 Å². The molecule has 1 saturated carbocycles. The predicted octanol–water partition coefficient (Wildman–Crippen LogP) is 3.17. The fraction of sp³-hybridized carbons (Fsp3) is 0.800. The minimum atomic E-state index is -0.207. The quantitative estimate of drug-likeness (QED) is 0.815. The fourth-order valence-corrected chi connectivity index (χ4v) is 3.02. The molecule has 2 rings (SSSR count). The van der Waals surface area contributed by atoms with Crippen LogP contribution in [0.3, 0.4) is 0 Å². The average molecular weight is 250 g/mol. The maximum atomic E-state index is 10.4. The van der Waals surface area contributed by atoms with Crippen molar-refractivity contribution in [2.75, 3.05) is 0 Å². The lowest BCUT2D eigenvalue weighted by Crippen LogP contribution is -2.24. The average Bonchev–Trinajstić information content (AvgIpc) is 2.66. The molecule has 0 amide bonds. The summed E-state index contributed by atoms with van der Waals surface area (Å²) >= 11 is 0. The highest BCUT2D eigenvalue weighted by Crippen LogP contribution is 2.26. The molecule has 0 bridgehead atoms. The van der Waals surface area contributed by atoms with Crippen molar-refractivity contribution in [1.29, 1.82) is 0 Å². The number of hydrogen-bond acceptors (Lipinski definition) is 2. The lowest BCUT2D eigenvalue weighted by Gasteiger charge is -2.21. The highest BCUT2D eigenvalue weighted by atomic mass is 16.3. The first-order valence-electron chi connectivity index (χ1n) is 7.49. The van der Waals surface area contributed by atoms with E-state index in [1.165, 1.54) is 38.5 Å². The Balaban J connectivity index is 1.92. The number of aromatic nitrogens is 2. The van der Waals surface area contributed by atoms with E-state index in [4.69, 9.17) is 0 Å². The van der Waals surface area contributed by atoms with Crippen LogP contribution in [-0.2, 0) is 13.0 Å². The van der Waals surface area contributed by atoms with Crippen LogP contribution in [0.5, 0.6) is 0 Å². The van der Waals surface area contributed by atoms with E-state index in [0.717, 1.165) is 25.2 Å². The van der Waals surface area contributed by atoms with Crippen LogP contribution in [0.15, 0.2) is 12.4 Å². The molecule has 1 aromatic heterocycles. The first-order chi connectivity index (χ1) is 8.81. The number of rotatable bonds is 5. The van der Waals surface area contributed by atoms with Crippen LogP contribution in [0.4, 0.5) is 0 Å². The fourth-order valence-electron chi connectivity index (χ4n) is 3.02. The van der Waals surface area contributed by atoms with E-state index in [9.17, 15) is 5.11 Å². The van der Waals surface area contributed by atoms with Gasteiger partial charge in [0.15, 0.2) is 0 Å². The number of aliphatic hydroxyl groups is 1. The molecular weight excluding hydrogens is 224 g/mol. The number of aliphatic hydroxyl groups excluding tert-OH is 1. The molecule has 0 radical (unpaired) electrons. The van der Waals surface area contributed by atoms with Crippen LogP contribution in [0.2, 0.25) is 0 Å². The Labute approximate surface area is 110 Å². The van der Waals surface area contributed by atoms with Crippen LogP contribution < -0.4 is 0 Å². The van der Waals surface area contributed by atoms with Gasteiger partial charge in [-0.2, -0.15) is 0 Å². The molecule has 102 valence electrons. The van der Waals surface area contributed by atoms with Gasteiger partial charge in [-0.25, -0.2) is 4.98 Å². The summed E-state index contributed by atoms with van der Waals surface area (Å²) in [7, 11) is 0. The molecule has 3 heteroatoms. The predicted molar refractivity (Wildman–Crippen MR) is 73.4 cm³/mol. The zero-order valence-corrected chi connectivity index (χ0v) is 11.5. The van der Waals surface area contributed by atoms with Gasteiger partial charge >= 0.3 is 0 Å². The molecule has 0 aliphatic heterocycles. The van der Waals surface area contributed by atoms with E-state index in [0.29, 0.717) is 5.92 Å². The normalized spacial score (nSPS) is 19.7. The maximum Gasteiger partial charge on any atom is 0.111 e. The molecule has 1 aliphatic carbocycles. The van der Waals surface area contributed by atoms with Crippen molar-refractivity contribution in [2.45, 2.75) is 70.9 Å². The second-order valence-corrected chi connectivity index (χ2v) is 5.56. The third-order valence-electron chi connectivity index (χ3n) is 4.10. The summed E-state index contributed by atoms with van der Waals surface area (Å²) in [6.45, 7) is 3.18. The summed E-state index contributed by atoms with van der Waals surface area (Å²) in [5.74, 6) is 1.54. The van der Waals surface area contributed by atoms with Crippen molar-refractivity contribution in [3.05, 3.63) is 18.2 Å². The smallest absolute Gasteiger partial charge is 0.111 e. The molecule has 1 aliphatic rings. The number of nitrogens with zero attached hydrogens (tertiary/aromatic N) is 2. The second-order valence-electron chi connectivity index (χ2n) is 5.56. The van der Waals surface area contributed by atoms with Crippen molar-refractivity contribution in [3.8, 4) is 0 Å². The molecule has 1 N–H and O–H groups in total. The molecule has 1 unspecified atom stereocenters. The largest absolute Gasteiger partial charge is 0.392 e. The van der Waals surface area contributed by atoms with Crippen LogP contribution in [0.25, 0.3) is 0 Å². The van der Waals surface area contributed by atoms with Crippen molar-refractivity contribution >= 4 is 0 Å². The highest BCUT2D eigenvalue weighted by molar-refractivity contribution is 4.95. The molecule has 3 nitrogen and oxygen atoms in total. The Morgan fingerprint density at radius 1 is 1.33 bits per heavy atom. The Morgan fingerprint density at radius 3 is 2.72 bits per heavy atom. The van der Waals surface area contributed by atoms with E-state index < -0.39 is 0 Å². The van der Waals surface area contributed by atoms with Crippen molar-refractivity contribution in [2.24, 2.45) is 5.92 Å². The van der Waals surface area contributed by atoms with Gasteiger partial charge in [-0.3, -0.25) is 0 Å². The first kappa shape index (κ1) is 13.6. The standard InChI is InChI=1S/C15H26N2O/c1-2-10-17-11-9-16-15(17)12-14(18)13-7-5-3-4-6-8-13/h9,11,13-14,18H,2-8,10,12H2,1H3. The molecule has 1 atom stereocenters. The van der Waals surface area contributed by atoms with Gasteiger partial charge in [-0.1, -0.05) is 32.6 Å². The summed E-state index contributed by atoms with van der Waals surface area (Å²) in [6.07, 6.45) is 13.1. The Morgan fingerprint density at radius 2 is 2.06 bits per heavy atom. The van der Waals surface area contributed by atoms with Crippen LogP contribution in [0, 0.1) is 5.92 Å².